The number of carbonyl (C=O) groups excluding carboxylic acids is 2. The Bertz CT molecular complexity index is 699. The van der Waals surface area contributed by atoms with Crippen LogP contribution >= 0.6 is 34.8 Å². The normalized spacial score (nSPS) is 10.1. The van der Waals surface area contributed by atoms with Crippen molar-refractivity contribution in [3.05, 3.63) is 63.1 Å². The number of esters is 1. The van der Waals surface area contributed by atoms with Gasteiger partial charge in [0.25, 0.3) is 5.91 Å². The van der Waals surface area contributed by atoms with Crippen LogP contribution in [0.4, 0.5) is 5.69 Å². The first kappa shape index (κ1) is 16.6. The molecule has 0 aliphatic heterocycles. The Morgan fingerprint density at radius 2 is 1.64 bits per heavy atom. The van der Waals surface area contributed by atoms with Crippen LogP contribution in [0.2, 0.25) is 15.1 Å². The second-order valence-corrected chi connectivity index (χ2v) is 5.60. The summed E-state index contributed by atoms with van der Waals surface area (Å²) in [4.78, 5) is 23.5. The summed E-state index contributed by atoms with van der Waals surface area (Å²) in [7, 11) is 0. The maximum Gasteiger partial charge on any atom is 0.338 e. The van der Waals surface area contributed by atoms with Gasteiger partial charge in [0.05, 0.1) is 5.56 Å². The zero-order valence-electron chi connectivity index (χ0n) is 11.1. The van der Waals surface area contributed by atoms with Gasteiger partial charge in [0.1, 0.15) is 0 Å². The molecule has 0 aliphatic rings. The number of nitrogens with one attached hydrogen (secondary N) is 1. The fraction of sp³-hybridized carbons (Fsp3) is 0.0667. The first-order valence-electron chi connectivity index (χ1n) is 6.12. The van der Waals surface area contributed by atoms with Crippen LogP contribution in [0.25, 0.3) is 0 Å². The highest BCUT2D eigenvalue weighted by Crippen LogP contribution is 2.19. The Hall–Kier alpha value is -1.75. The number of amides is 1. The van der Waals surface area contributed by atoms with Gasteiger partial charge in [0.15, 0.2) is 6.61 Å². The van der Waals surface area contributed by atoms with E-state index in [1.165, 1.54) is 18.2 Å². The molecular formula is C15H10Cl3NO3. The molecule has 2 aromatic carbocycles. The maximum atomic E-state index is 11.8. The number of hydrogen-bond acceptors (Lipinski definition) is 3. The smallest absolute Gasteiger partial charge is 0.338 e. The zero-order valence-corrected chi connectivity index (χ0v) is 13.4. The Morgan fingerprint density at radius 3 is 2.27 bits per heavy atom. The number of halogens is 3. The van der Waals surface area contributed by atoms with E-state index in [0.29, 0.717) is 20.8 Å². The quantitative estimate of drug-likeness (QED) is 0.822. The van der Waals surface area contributed by atoms with E-state index in [2.05, 4.69) is 5.32 Å². The third-order valence-corrected chi connectivity index (χ3v) is 3.21. The number of anilines is 1. The third-order valence-electron chi connectivity index (χ3n) is 2.54. The molecule has 0 fully saturated rings. The first-order valence-corrected chi connectivity index (χ1v) is 7.26. The summed E-state index contributed by atoms with van der Waals surface area (Å²) in [6.07, 6.45) is 0. The summed E-state index contributed by atoms with van der Waals surface area (Å²) in [6.45, 7) is -0.435. The molecule has 0 aromatic heterocycles. The van der Waals surface area contributed by atoms with Crippen LogP contribution in [0.1, 0.15) is 10.4 Å². The van der Waals surface area contributed by atoms with Crippen molar-refractivity contribution in [2.24, 2.45) is 0 Å². The van der Waals surface area contributed by atoms with Crippen LogP contribution in [0.3, 0.4) is 0 Å². The predicted octanol–water partition coefficient (Wildman–Crippen LogP) is 4.44. The van der Waals surface area contributed by atoms with Crippen molar-refractivity contribution in [3.63, 3.8) is 0 Å². The van der Waals surface area contributed by atoms with Gasteiger partial charge in [-0.1, -0.05) is 40.9 Å². The molecule has 0 saturated heterocycles. The van der Waals surface area contributed by atoms with Crippen molar-refractivity contribution in [2.75, 3.05) is 11.9 Å². The molecule has 0 aliphatic carbocycles. The summed E-state index contributed by atoms with van der Waals surface area (Å²) in [5.74, 6) is -1.17. The average molecular weight is 359 g/mol. The predicted molar refractivity (Wildman–Crippen MR) is 86.8 cm³/mol. The summed E-state index contributed by atoms with van der Waals surface area (Å²) in [6, 6.07) is 10.9. The second-order valence-electron chi connectivity index (χ2n) is 4.29. The molecular weight excluding hydrogens is 349 g/mol. The van der Waals surface area contributed by atoms with Crippen LogP contribution in [0, 0.1) is 0 Å². The van der Waals surface area contributed by atoms with Crippen LogP contribution in [-0.2, 0) is 9.53 Å². The van der Waals surface area contributed by atoms with Crippen molar-refractivity contribution in [1.29, 1.82) is 0 Å². The Kier molecular flexibility index (Phi) is 5.66. The van der Waals surface area contributed by atoms with Gasteiger partial charge in [0, 0.05) is 20.8 Å². The van der Waals surface area contributed by atoms with Crippen LogP contribution in [-0.4, -0.2) is 18.5 Å². The number of benzene rings is 2. The number of ether oxygens (including phenoxy) is 1. The SMILES string of the molecule is O=C(COC(=O)c1cc(Cl)cc(Cl)c1)Nc1cccc(Cl)c1. The molecule has 1 amide bonds. The van der Waals surface area contributed by atoms with Gasteiger partial charge in [-0.2, -0.15) is 0 Å². The minimum absolute atomic E-state index is 0.174. The lowest BCUT2D eigenvalue weighted by molar-refractivity contribution is -0.119. The van der Waals surface area contributed by atoms with E-state index in [-0.39, 0.29) is 5.56 Å². The molecule has 0 radical (unpaired) electrons. The van der Waals surface area contributed by atoms with E-state index < -0.39 is 18.5 Å². The molecule has 2 aromatic rings. The van der Waals surface area contributed by atoms with Gasteiger partial charge in [-0.05, 0) is 36.4 Å². The molecule has 7 heteroatoms. The lowest BCUT2D eigenvalue weighted by Gasteiger charge is -2.07. The number of carbonyl (C=O) groups is 2. The van der Waals surface area contributed by atoms with E-state index in [9.17, 15) is 9.59 Å². The van der Waals surface area contributed by atoms with Gasteiger partial charge in [-0.25, -0.2) is 4.79 Å². The highest BCUT2D eigenvalue weighted by Gasteiger charge is 2.12. The Balaban J connectivity index is 1.92. The standard InChI is InChI=1S/C15H10Cl3NO3/c16-10-2-1-3-13(7-10)19-14(20)8-22-15(21)9-4-11(17)6-12(18)5-9/h1-7H,8H2,(H,19,20). The van der Waals surface area contributed by atoms with Gasteiger partial charge in [-0.3, -0.25) is 4.79 Å². The highest BCUT2D eigenvalue weighted by molar-refractivity contribution is 6.35. The van der Waals surface area contributed by atoms with Crippen molar-refractivity contribution in [1.82, 2.24) is 0 Å². The number of hydrogen-bond donors (Lipinski definition) is 1. The van der Waals surface area contributed by atoms with Crippen LogP contribution in [0.15, 0.2) is 42.5 Å². The van der Waals surface area contributed by atoms with E-state index in [4.69, 9.17) is 39.5 Å². The summed E-state index contributed by atoms with van der Waals surface area (Å²) in [5, 5.41) is 3.67. The third kappa shape index (κ3) is 4.91. The van der Waals surface area contributed by atoms with Gasteiger partial charge < -0.3 is 10.1 Å². The maximum absolute atomic E-state index is 11.8. The molecule has 0 atom stereocenters. The van der Waals surface area contributed by atoms with Gasteiger partial charge in [-0.15, -0.1) is 0 Å². The Morgan fingerprint density at radius 1 is 0.955 bits per heavy atom. The fourth-order valence-corrected chi connectivity index (χ4v) is 2.37. The van der Waals surface area contributed by atoms with Crippen LogP contribution in [0.5, 0.6) is 0 Å². The molecule has 0 spiro atoms. The van der Waals surface area contributed by atoms with E-state index in [1.807, 2.05) is 0 Å². The van der Waals surface area contributed by atoms with Crippen LogP contribution < -0.4 is 5.32 Å². The largest absolute Gasteiger partial charge is 0.452 e. The molecule has 0 unspecified atom stereocenters. The Labute approximate surface area is 141 Å². The van der Waals surface area contributed by atoms with Gasteiger partial charge in [0.2, 0.25) is 0 Å². The highest BCUT2D eigenvalue weighted by atomic mass is 35.5. The molecule has 2 rings (SSSR count). The summed E-state index contributed by atoms with van der Waals surface area (Å²) in [5.41, 5.74) is 0.687. The van der Waals surface area contributed by atoms with Crippen molar-refractivity contribution in [3.8, 4) is 0 Å². The molecule has 114 valence electrons. The monoisotopic (exact) mass is 357 g/mol. The first-order chi connectivity index (χ1) is 10.4. The van der Waals surface area contributed by atoms with E-state index in [0.717, 1.165) is 0 Å². The lowest BCUT2D eigenvalue weighted by atomic mass is 10.2. The number of rotatable bonds is 4. The molecule has 22 heavy (non-hydrogen) atoms. The van der Waals surface area contributed by atoms with Crippen molar-refractivity contribution >= 4 is 52.4 Å². The zero-order chi connectivity index (χ0) is 16.1. The molecule has 0 bridgehead atoms. The molecule has 0 saturated carbocycles. The second kappa shape index (κ2) is 7.49. The van der Waals surface area contributed by atoms with Crippen molar-refractivity contribution < 1.29 is 14.3 Å². The molecule has 1 N–H and O–H groups in total. The average Bonchev–Trinajstić information content (AvgIpc) is 2.43. The van der Waals surface area contributed by atoms with E-state index >= 15 is 0 Å². The van der Waals surface area contributed by atoms with E-state index in [1.54, 1.807) is 24.3 Å². The lowest BCUT2D eigenvalue weighted by Crippen LogP contribution is -2.20. The topological polar surface area (TPSA) is 55.4 Å². The minimum Gasteiger partial charge on any atom is -0.452 e. The minimum atomic E-state index is -0.689. The molecule has 0 heterocycles. The van der Waals surface area contributed by atoms with Gasteiger partial charge >= 0.3 is 5.97 Å². The molecule has 4 nitrogen and oxygen atoms in total. The summed E-state index contributed by atoms with van der Waals surface area (Å²) < 4.78 is 4.90. The fourth-order valence-electron chi connectivity index (χ4n) is 1.65. The van der Waals surface area contributed by atoms with Crippen molar-refractivity contribution in [2.45, 2.75) is 0 Å². The summed E-state index contributed by atoms with van der Waals surface area (Å²) >= 11 is 17.4.